The van der Waals surface area contributed by atoms with E-state index in [1.165, 1.54) is 4.90 Å². The fourth-order valence-electron chi connectivity index (χ4n) is 4.21. The summed E-state index contributed by atoms with van der Waals surface area (Å²) in [5.74, 6) is -1.35. The summed E-state index contributed by atoms with van der Waals surface area (Å²) in [6.45, 7) is 0.413. The molecule has 2 aromatic heterocycles. The zero-order chi connectivity index (χ0) is 20.8. The third kappa shape index (κ3) is 3.00. The molecule has 1 aliphatic rings. The highest BCUT2D eigenvalue weighted by Crippen LogP contribution is 2.34. The van der Waals surface area contributed by atoms with Crippen LogP contribution in [0.25, 0.3) is 33.1 Å². The molecule has 1 fully saturated rings. The van der Waals surface area contributed by atoms with Crippen molar-refractivity contribution in [1.82, 2.24) is 14.9 Å². The lowest BCUT2D eigenvalue weighted by Gasteiger charge is -2.21. The summed E-state index contributed by atoms with van der Waals surface area (Å²) < 4.78 is 0. The molecule has 0 bridgehead atoms. The molecule has 30 heavy (non-hydrogen) atoms. The summed E-state index contributed by atoms with van der Waals surface area (Å²) in [6, 6.07) is 16.1. The largest absolute Gasteiger partial charge is 0.480 e. The van der Waals surface area contributed by atoms with Gasteiger partial charge in [0.1, 0.15) is 11.7 Å². The van der Waals surface area contributed by atoms with E-state index in [9.17, 15) is 14.7 Å². The summed E-state index contributed by atoms with van der Waals surface area (Å²) in [5.41, 5.74) is 3.37. The average Bonchev–Trinajstić information content (AvgIpc) is 3.37. The van der Waals surface area contributed by atoms with Gasteiger partial charge in [-0.05, 0) is 37.1 Å². The molecule has 1 aliphatic heterocycles. The Morgan fingerprint density at radius 3 is 2.73 bits per heavy atom. The minimum Gasteiger partial charge on any atom is -0.480 e. The quantitative estimate of drug-likeness (QED) is 0.502. The van der Waals surface area contributed by atoms with Crippen molar-refractivity contribution in [2.75, 3.05) is 6.54 Å². The molecule has 2 aromatic carbocycles. The first kappa shape index (κ1) is 18.6. The van der Waals surface area contributed by atoms with E-state index in [4.69, 9.17) is 11.6 Å². The SMILES string of the molecule is O=C(O)C1CCCN1C(=O)c1cc2c([nH]c3ccccc32)c(-c2cccc(Cl)c2)n1. The highest BCUT2D eigenvalue weighted by atomic mass is 35.5. The molecular weight excluding hydrogens is 402 g/mol. The maximum atomic E-state index is 13.3. The van der Waals surface area contributed by atoms with Gasteiger partial charge < -0.3 is 15.0 Å². The number of aromatic amines is 1. The van der Waals surface area contributed by atoms with Gasteiger partial charge in [0.15, 0.2) is 0 Å². The maximum absolute atomic E-state index is 13.3. The van der Waals surface area contributed by atoms with Crippen LogP contribution < -0.4 is 0 Å². The number of H-pyrrole nitrogens is 1. The Morgan fingerprint density at radius 1 is 1.10 bits per heavy atom. The molecule has 2 N–H and O–H groups in total. The van der Waals surface area contributed by atoms with Gasteiger partial charge in [0.05, 0.1) is 11.2 Å². The van der Waals surface area contributed by atoms with Crippen LogP contribution in [0.2, 0.25) is 5.02 Å². The molecule has 1 amide bonds. The lowest BCUT2D eigenvalue weighted by molar-refractivity contribution is -0.141. The summed E-state index contributed by atoms with van der Waals surface area (Å²) in [6.07, 6.45) is 1.12. The van der Waals surface area contributed by atoms with E-state index in [1.54, 1.807) is 18.2 Å². The van der Waals surface area contributed by atoms with Crippen molar-refractivity contribution in [3.8, 4) is 11.3 Å². The van der Waals surface area contributed by atoms with Crippen molar-refractivity contribution in [2.24, 2.45) is 0 Å². The van der Waals surface area contributed by atoms with Gasteiger partial charge in [-0.25, -0.2) is 9.78 Å². The molecule has 0 saturated carbocycles. The smallest absolute Gasteiger partial charge is 0.326 e. The van der Waals surface area contributed by atoms with Gasteiger partial charge in [-0.15, -0.1) is 0 Å². The van der Waals surface area contributed by atoms with Crippen molar-refractivity contribution >= 4 is 45.3 Å². The zero-order valence-electron chi connectivity index (χ0n) is 15.9. The van der Waals surface area contributed by atoms with Crippen LogP contribution in [0.15, 0.2) is 54.6 Å². The number of likely N-dealkylation sites (tertiary alicyclic amines) is 1. The standard InChI is InChI=1S/C23H18ClN3O3/c24-14-6-3-5-13(11-14)20-21-16(15-7-1-2-8-17(15)25-21)12-18(26-20)22(28)27-10-4-9-19(27)23(29)30/h1-3,5-8,11-12,19,25H,4,9-10H2,(H,29,30). The monoisotopic (exact) mass is 419 g/mol. The number of carboxylic acids is 1. The second-order valence-corrected chi connectivity index (χ2v) is 7.89. The number of hydrogen-bond donors (Lipinski definition) is 2. The van der Waals surface area contributed by atoms with E-state index in [0.29, 0.717) is 30.1 Å². The molecule has 0 aliphatic carbocycles. The van der Waals surface area contributed by atoms with Crippen LogP contribution in [-0.2, 0) is 4.79 Å². The van der Waals surface area contributed by atoms with Gasteiger partial charge in [0.2, 0.25) is 0 Å². The lowest BCUT2D eigenvalue weighted by Crippen LogP contribution is -2.40. The highest BCUT2D eigenvalue weighted by Gasteiger charge is 2.35. The fraction of sp³-hybridized carbons (Fsp3) is 0.174. The number of benzene rings is 2. The summed E-state index contributed by atoms with van der Waals surface area (Å²) >= 11 is 6.21. The Hall–Kier alpha value is -3.38. The normalized spacial score (nSPS) is 16.4. The van der Waals surface area contributed by atoms with Crippen molar-refractivity contribution in [2.45, 2.75) is 18.9 Å². The van der Waals surface area contributed by atoms with E-state index in [1.807, 2.05) is 36.4 Å². The van der Waals surface area contributed by atoms with Crippen LogP contribution in [0.1, 0.15) is 23.3 Å². The second kappa shape index (κ2) is 7.15. The number of carboxylic acid groups (broad SMARTS) is 1. The Balaban J connectivity index is 1.74. The summed E-state index contributed by atoms with van der Waals surface area (Å²) in [5, 5.41) is 11.9. The first-order valence-corrected chi connectivity index (χ1v) is 10.1. The fourth-order valence-corrected chi connectivity index (χ4v) is 4.40. The van der Waals surface area contributed by atoms with Gasteiger partial charge in [0.25, 0.3) is 5.91 Å². The van der Waals surface area contributed by atoms with Gasteiger partial charge in [-0.3, -0.25) is 4.79 Å². The molecule has 4 aromatic rings. The summed E-state index contributed by atoms with van der Waals surface area (Å²) in [4.78, 5) is 34.3. The Labute approximate surface area is 177 Å². The zero-order valence-corrected chi connectivity index (χ0v) is 16.7. The molecule has 1 saturated heterocycles. The lowest BCUT2D eigenvalue weighted by atomic mass is 10.1. The molecular formula is C23H18ClN3O3. The van der Waals surface area contributed by atoms with Crippen LogP contribution >= 0.6 is 11.6 Å². The first-order chi connectivity index (χ1) is 14.5. The number of nitrogens with one attached hydrogen (secondary N) is 1. The van der Waals surface area contributed by atoms with Gasteiger partial charge in [-0.1, -0.05) is 41.9 Å². The number of fused-ring (bicyclic) bond motifs is 3. The third-order valence-electron chi connectivity index (χ3n) is 5.61. The number of aliphatic carboxylic acids is 1. The van der Waals surface area contributed by atoms with Crippen LogP contribution in [0.5, 0.6) is 0 Å². The van der Waals surface area contributed by atoms with Gasteiger partial charge in [-0.2, -0.15) is 0 Å². The maximum Gasteiger partial charge on any atom is 0.326 e. The molecule has 6 nitrogen and oxygen atoms in total. The average molecular weight is 420 g/mol. The van der Waals surface area contributed by atoms with Gasteiger partial charge >= 0.3 is 5.97 Å². The highest BCUT2D eigenvalue weighted by molar-refractivity contribution is 6.31. The number of halogens is 1. The predicted molar refractivity (Wildman–Crippen MR) is 116 cm³/mol. The molecule has 0 radical (unpaired) electrons. The molecule has 0 spiro atoms. The number of rotatable bonds is 3. The van der Waals surface area contributed by atoms with Crippen molar-refractivity contribution in [3.05, 3.63) is 65.3 Å². The van der Waals surface area contributed by atoms with Crippen molar-refractivity contribution in [3.63, 3.8) is 0 Å². The molecule has 5 rings (SSSR count). The number of hydrogen-bond acceptors (Lipinski definition) is 3. The van der Waals surface area contributed by atoms with Crippen LogP contribution in [-0.4, -0.2) is 44.4 Å². The van der Waals surface area contributed by atoms with E-state index in [2.05, 4.69) is 9.97 Å². The molecule has 7 heteroatoms. The van der Waals surface area contributed by atoms with Crippen LogP contribution in [0, 0.1) is 0 Å². The minimum absolute atomic E-state index is 0.232. The Kier molecular flexibility index (Phi) is 4.44. The van der Waals surface area contributed by atoms with E-state index < -0.39 is 12.0 Å². The van der Waals surface area contributed by atoms with E-state index >= 15 is 0 Å². The van der Waals surface area contributed by atoms with Crippen LogP contribution in [0.4, 0.5) is 0 Å². The molecule has 150 valence electrons. The molecule has 1 unspecified atom stereocenters. The number of carbonyl (C=O) groups is 2. The topological polar surface area (TPSA) is 86.3 Å². The molecule has 3 heterocycles. The summed E-state index contributed by atoms with van der Waals surface area (Å²) in [7, 11) is 0. The number of carbonyl (C=O) groups excluding carboxylic acids is 1. The number of aromatic nitrogens is 2. The number of para-hydroxylation sites is 1. The van der Waals surface area contributed by atoms with Crippen LogP contribution in [0.3, 0.4) is 0 Å². The Morgan fingerprint density at radius 2 is 1.93 bits per heavy atom. The Bertz CT molecular complexity index is 1310. The van der Waals surface area contributed by atoms with E-state index in [0.717, 1.165) is 27.4 Å². The first-order valence-electron chi connectivity index (χ1n) is 9.74. The minimum atomic E-state index is -0.982. The van der Waals surface area contributed by atoms with Crippen molar-refractivity contribution < 1.29 is 14.7 Å². The number of amides is 1. The third-order valence-corrected chi connectivity index (χ3v) is 5.85. The van der Waals surface area contributed by atoms with Gasteiger partial charge in [0, 0.05) is 33.4 Å². The second-order valence-electron chi connectivity index (χ2n) is 7.45. The number of nitrogens with zero attached hydrogens (tertiary/aromatic N) is 2. The molecule has 1 atom stereocenters. The predicted octanol–water partition coefficient (Wildman–Crippen LogP) is 4.73. The van der Waals surface area contributed by atoms with Crippen molar-refractivity contribution in [1.29, 1.82) is 0 Å². The number of pyridine rings is 1. The van der Waals surface area contributed by atoms with E-state index in [-0.39, 0.29) is 11.6 Å².